The van der Waals surface area contributed by atoms with Crippen molar-refractivity contribution in [3.05, 3.63) is 52.0 Å². The first-order chi connectivity index (χ1) is 10.2. The average Bonchev–Trinajstić information content (AvgIpc) is 3.20. The number of halogens is 1. The minimum absolute atomic E-state index is 0.00456. The molecule has 1 atom stereocenters. The van der Waals surface area contributed by atoms with E-state index in [0.29, 0.717) is 6.04 Å². The van der Waals surface area contributed by atoms with Crippen molar-refractivity contribution in [3.8, 4) is 0 Å². The molecule has 0 saturated heterocycles. The molecule has 1 aliphatic carbocycles. The maximum Gasteiger partial charge on any atom is 0.130 e. The third-order valence-electron chi connectivity index (χ3n) is 4.13. The minimum atomic E-state index is -0.120. The molecular weight excluding hydrogens is 283 g/mol. The molecule has 0 bridgehead atoms. The molecule has 112 valence electrons. The van der Waals surface area contributed by atoms with Crippen LogP contribution >= 0.6 is 11.3 Å². The Morgan fingerprint density at radius 3 is 2.81 bits per heavy atom. The monoisotopic (exact) mass is 304 g/mol. The molecule has 1 fully saturated rings. The number of thiophene rings is 1. The Morgan fingerprint density at radius 1 is 1.38 bits per heavy atom. The Bertz CT molecular complexity index is 593. The van der Waals surface area contributed by atoms with Crippen LogP contribution in [0, 0.1) is 5.82 Å². The molecule has 0 amide bonds. The van der Waals surface area contributed by atoms with E-state index in [-0.39, 0.29) is 11.9 Å². The predicted molar refractivity (Wildman–Crippen MR) is 87.4 cm³/mol. The molecule has 21 heavy (non-hydrogen) atoms. The molecule has 0 radical (unpaired) electrons. The normalized spacial score (nSPS) is 16.0. The second kappa shape index (κ2) is 6.16. The summed E-state index contributed by atoms with van der Waals surface area (Å²) in [5.74, 6) is -0.120. The Morgan fingerprint density at radius 2 is 2.19 bits per heavy atom. The zero-order chi connectivity index (χ0) is 14.8. The van der Waals surface area contributed by atoms with Crippen LogP contribution in [0.1, 0.15) is 36.9 Å². The van der Waals surface area contributed by atoms with Crippen molar-refractivity contribution in [1.82, 2.24) is 5.32 Å². The van der Waals surface area contributed by atoms with Gasteiger partial charge in [0.15, 0.2) is 0 Å². The highest BCUT2D eigenvalue weighted by atomic mass is 32.1. The average molecular weight is 304 g/mol. The van der Waals surface area contributed by atoms with E-state index in [2.05, 4.69) is 33.1 Å². The summed E-state index contributed by atoms with van der Waals surface area (Å²) in [5, 5.41) is 7.45. The molecule has 0 aliphatic heterocycles. The van der Waals surface area contributed by atoms with Crippen LogP contribution in [0.15, 0.2) is 35.0 Å². The van der Waals surface area contributed by atoms with Gasteiger partial charge in [-0.2, -0.15) is 11.3 Å². The smallest absolute Gasteiger partial charge is 0.130 e. The second-order valence-electron chi connectivity index (χ2n) is 5.67. The molecule has 3 rings (SSSR count). The van der Waals surface area contributed by atoms with Gasteiger partial charge in [0.1, 0.15) is 5.82 Å². The Balaban J connectivity index is 1.97. The molecule has 1 unspecified atom stereocenters. The lowest BCUT2D eigenvalue weighted by Gasteiger charge is -2.29. The van der Waals surface area contributed by atoms with Crippen LogP contribution in [0.4, 0.5) is 10.1 Å². The Labute approximate surface area is 129 Å². The van der Waals surface area contributed by atoms with Crippen molar-refractivity contribution >= 4 is 17.0 Å². The van der Waals surface area contributed by atoms with Gasteiger partial charge in [0, 0.05) is 29.9 Å². The van der Waals surface area contributed by atoms with Gasteiger partial charge in [-0.15, -0.1) is 0 Å². The van der Waals surface area contributed by atoms with Gasteiger partial charge in [-0.25, -0.2) is 4.39 Å². The molecule has 1 aliphatic rings. The molecule has 1 aromatic heterocycles. The molecule has 2 nitrogen and oxygen atoms in total. The summed E-state index contributed by atoms with van der Waals surface area (Å²) >= 11 is 1.71. The summed E-state index contributed by atoms with van der Waals surface area (Å²) < 4.78 is 14.3. The number of nitrogens with one attached hydrogen (secondary N) is 1. The van der Waals surface area contributed by atoms with Gasteiger partial charge in [-0.3, -0.25) is 0 Å². The van der Waals surface area contributed by atoms with Crippen molar-refractivity contribution < 1.29 is 4.39 Å². The predicted octanol–water partition coefficient (Wildman–Crippen LogP) is 4.34. The highest BCUT2D eigenvalue weighted by Crippen LogP contribution is 2.38. The van der Waals surface area contributed by atoms with Gasteiger partial charge in [0.25, 0.3) is 0 Å². The largest absolute Gasteiger partial charge is 0.364 e. The number of anilines is 1. The van der Waals surface area contributed by atoms with Crippen molar-refractivity contribution in [2.75, 3.05) is 11.9 Å². The van der Waals surface area contributed by atoms with Gasteiger partial charge in [-0.05, 0) is 61.3 Å². The van der Waals surface area contributed by atoms with Crippen LogP contribution in [0.5, 0.6) is 0 Å². The van der Waals surface area contributed by atoms with Gasteiger partial charge in [0.05, 0.1) is 0 Å². The fourth-order valence-electron chi connectivity index (χ4n) is 2.73. The third kappa shape index (κ3) is 3.11. The quantitative estimate of drug-likeness (QED) is 0.854. The van der Waals surface area contributed by atoms with Gasteiger partial charge in [0.2, 0.25) is 0 Å². The van der Waals surface area contributed by atoms with Crippen LogP contribution in [-0.4, -0.2) is 13.1 Å². The Kier molecular flexibility index (Phi) is 4.27. The molecule has 0 spiro atoms. The number of hydrogen-bond acceptors (Lipinski definition) is 3. The highest BCUT2D eigenvalue weighted by Gasteiger charge is 2.32. The van der Waals surface area contributed by atoms with Crippen LogP contribution < -0.4 is 10.2 Å². The molecular formula is C17H21FN2S. The SMILES string of the molecule is CNC(C)c1c(F)cccc1N(Cc1ccsc1)C1CC1. The fourth-order valence-corrected chi connectivity index (χ4v) is 3.39. The molecule has 2 aromatic rings. The summed E-state index contributed by atoms with van der Waals surface area (Å²) in [4.78, 5) is 2.37. The summed E-state index contributed by atoms with van der Waals surface area (Å²) in [6.07, 6.45) is 2.40. The van der Waals surface area contributed by atoms with E-state index >= 15 is 0 Å². The first kappa shape index (κ1) is 14.5. The summed E-state index contributed by atoms with van der Waals surface area (Å²) in [6.45, 7) is 2.87. The molecule has 1 N–H and O–H groups in total. The first-order valence-corrected chi connectivity index (χ1v) is 8.38. The van der Waals surface area contributed by atoms with E-state index in [9.17, 15) is 4.39 Å². The van der Waals surface area contributed by atoms with Crippen molar-refractivity contribution in [3.63, 3.8) is 0 Å². The van der Waals surface area contributed by atoms with Crippen molar-refractivity contribution in [2.24, 2.45) is 0 Å². The third-order valence-corrected chi connectivity index (χ3v) is 4.86. The van der Waals surface area contributed by atoms with E-state index in [0.717, 1.165) is 17.8 Å². The van der Waals surface area contributed by atoms with Crippen LogP contribution in [0.2, 0.25) is 0 Å². The molecule has 1 heterocycles. The maximum atomic E-state index is 14.3. The summed E-state index contributed by atoms with van der Waals surface area (Å²) in [7, 11) is 1.88. The number of hydrogen-bond donors (Lipinski definition) is 1. The molecule has 4 heteroatoms. The number of benzene rings is 1. The van der Waals surface area contributed by atoms with E-state index in [4.69, 9.17) is 0 Å². The topological polar surface area (TPSA) is 15.3 Å². The second-order valence-corrected chi connectivity index (χ2v) is 6.45. The van der Waals surface area contributed by atoms with Crippen LogP contribution in [0.3, 0.4) is 0 Å². The lowest BCUT2D eigenvalue weighted by atomic mass is 10.0. The van der Waals surface area contributed by atoms with Crippen molar-refractivity contribution in [1.29, 1.82) is 0 Å². The highest BCUT2D eigenvalue weighted by molar-refractivity contribution is 7.07. The van der Waals surface area contributed by atoms with E-state index in [1.807, 2.05) is 20.0 Å². The van der Waals surface area contributed by atoms with E-state index in [1.54, 1.807) is 17.4 Å². The standard InChI is InChI=1S/C17H21FN2S/c1-12(19-2)17-15(18)4-3-5-16(17)20(14-6-7-14)10-13-8-9-21-11-13/h3-5,8-9,11-12,14,19H,6-7,10H2,1-2H3. The zero-order valence-corrected chi connectivity index (χ0v) is 13.3. The number of nitrogens with zero attached hydrogens (tertiary/aromatic N) is 1. The van der Waals surface area contributed by atoms with Gasteiger partial charge < -0.3 is 10.2 Å². The van der Waals surface area contributed by atoms with Gasteiger partial charge >= 0.3 is 0 Å². The lowest BCUT2D eigenvalue weighted by Crippen LogP contribution is -2.28. The Hall–Kier alpha value is -1.39. The first-order valence-electron chi connectivity index (χ1n) is 7.44. The minimum Gasteiger partial charge on any atom is -0.364 e. The summed E-state index contributed by atoms with van der Waals surface area (Å²) in [6, 6.07) is 8.14. The molecule has 1 saturated carbocycles. The van der Waals surface area contributed by atoms with Gasteiger partial charge in [-0.1, -0.05) is 6.07 Å². The summed E-state index contributed by atoms with van der Waals surface area (Å²) in [5.41, 5.74) is 3.12. The van der Waals surface area contributed by atoms with Crippen molar-refractivity contribution in [2.45, 2.75) is 38.4 Å². The maximum absolute atomic E-state index is 14.3. The fraction of sp³-hybridized carbons (Fsp3) is 0.412. The number of rotatable bonds is 6. The lowest BCUT2D eigenvalue weighted by molar-refractivity contribution is 0.559. The molecule has 1 aromatic carbocycles. The van der Waals surface area contributed by atoms with Crippen LogP contribution in [-0.2, 0) is 6.54 Å². The van der Waals surface area contributed by atoms with E-state index < -0.39 is 0 Å². The zero-order valence-electron chi connectivity index (χ0n) is 12.5. The van der Waals surface area contributed by atoms with E-state index in [1.165, 1.54) is 18.4 Å². The van der Waals surface area contributed by atoms with Crippen LogP contribution in [0.25, 0.3) is 0 Å².